The Bertz CT molecular complexity index is 1170. The number of nitrogens with zero attached hydrogens (tertiary/aromatic N) is 3. The second kappa shape index (κ2) is 9.73. The highest BCUT2D eigenvalue weighted by Gasteiger charge is 2.13. The number of halogens is 2. The van der Waals surface area contributed by atoms with Gasteiger partial charge in [0.2, 0.25) is 0 Å². The first-order valence-electron chi connectivity index (χ1n) is 8.94. The van der Waals surface area contributed by atoms with Crippen molar-refractivity contribution in [2.24, 2.45) is 0 Å². The second-order valence-electron chi connectivity index (χ2n) is 6.23. The number of nitrogens with one attached hydrogen (secondary N) is 1. The number of carbonyl (C=O) groups excluding carboxylic acids is 1. The number of hydrogen-bond acceptors (Lipinski definition) is 4. The van der Waals surface area contributed by atoms with Crippen molar-refractivity contribution in [2.75, 3.05) is 5.32 Å². The van der Waals surface area contributed by atoms with E-state index in [2.05, 4.69) is 11.4 Å². The molecule has 1 heterocycles. The van der Waals surface area contributed by atoms with Crippen LogP contribution in [-0.4, -0.2) is 16.2 Å². The van der Waals surface area contributed by atoms with Gasteiger partial charge in [-0.3, -0.25) is 4.79 Å². The molecule has 150 valence electrons. The van der Waals surface area contributed by atoms with Crippen molar-refractivity contribution in [2.45, 2.75) is 23.6 Å². The van der Waals surface area contributed by atoms with Gasteiger partial charge in [0.1, 0.15) is 11.6 Å². The number of benzene rings is 2. The Balaban J connectivity index is 1.84. The molecule has 0 saturated carbocycles. The highest BCUT2D eigenvalue weighted by molar-refractivity contribution is 7.99. The SMILES string of the molecule is N#CCCn1cc(/C=C(\C#N)C(=O)Nc2ccc(SC(F)F)cc2)c2ccccc21. The predicted molar refractivity (Wildman–Crippen MR) is 113 cm³/mol. The molecule has 0 radical (unpaired) electrons. The molecule has 2 aromatic carbocycles. The number of hydrogen-bond donors (Lipinski definition) is 1. The number of amides is 1. The molecule has 1 aromatic heterocycles. The fourth-order valence-electron chi connectivity index (χ4n) is 2.97. The van der Waals surface area contributed by atoms with E-state index in [0.29, 0.717) is 40.9 Å². The Hall–Kier alpha value is -3.62. The largest absolute Gasteiger partial charge is 0.346 e. The van der Waals surface area contributed by atoms with Crippen molar-refractivity contribution in [3.05, 3.63) is 65.9 Å². The van der Waals surface area contributed by atoms with Crippen LogP contribution in [0.1, 0.15) is 12.0 Å². The number of carbonyl (C=O) groups is 1. The molecular formula is C22H16F2N4OS. The lowest BCUT2D eigenvalue weighted by molar-refractivity contribution is -0.112. The number of para-hydroxylation sites is 1. The van der Waals surface area contributed by atoms with Gasteiger partial charge in [-0.15, -0.1) is 0 Å². The summed E-state index contributed by atoms with van der Waals surface area (Å²) in [7, 11) is 0. The van der Waals surface area contributed by atoms with Crippen molar-refractivity contribution in [3.63, 3.8) is 0 Å². The van der Waals surface area contributed by atoms with E-state index in [1.165, 1.54) is 30.3 Å². The zero-order valence-electron chi connectivity index (χ0n) is 15.7. The number of nitriles is 2. The van der Waals surface area contributed by atoms with Gasteiger partial charge >= 0.3 is 0 Å². The third-order valence-corrected chi connectivity index (χ3v) is 5.01. The molecule has 0 aliphatic heterocycles. The maximum atomic E-state index is 12.5. The number of aromatic nitrogens is 1. The molecule has 1 N–H and O–H groups in total. The van der Waals surface area contributed by atoms with Crippen LogP contribution >= 0.6 is 11.8 Å². The molecule has 0 fully saturated rings. The number of alkyl halides is 2. The van der Waals surface area contributed by atoms with Crippen molar-refractivity contribution in [3.8, 4) is 12.1 Å². The predicted octanol–water partition coefficient (Wildman–Crippen LogP) is 5.42. The van der Waals surface area contributed by atoms with E-state index in [-0.39, 0.29) is 5.57 Å². The van der Waals surface area contributed by atoms with Gasteiger partial charge in [-0.2, -0.15) is 19.3 Å². The van der Waals surface area contributed by atoms with Gasteiger partial charge in [0.05, 0.1) is 12.5 Å². The number of anilines is 1. The van der Waals surface area contributed by atoms with Gasteiger partial charge in [-0.05, 0) is 36.4 Å². The minimum Gasteiger partial charge on any atom is -0.346 e. The van der Waals surface area contributed by atoms with Crippen LogP contribution in [0.5, 0.6) is 0 Å². The number of thioether (sulfide) groups is 1. The summed E-state index contributed by atoms with van der Waals surface area (Å²) in [6.07, 6.45) is 3.65. The highest BCUT2D eigenvalue weighted by atomic mass is 32.2. The highest BCUT2D eigenvalue weighted by Crippen LogP contribution is 2.27. The maximum Gasteiger partial charge on any atom is 0.288 e. The van der Waals surface area contributed by atoms with Crippen LogP contribution in [-0.2, 0) is 11.3 Å². The Morgan fingerprint density at radius 1 is 1.17 bits per heavy atom. The lowest BCUT2D eigenvalue weighted by Crippen LogP contribution is -2.13. The molecule has 0 bridgehead atoms. The molecule has 3 aromatic rings. The first-order chi connectivity index (χ1) is 14.5. The molecule has 3 rings (SSSR count). The third-order valence-electron chi connectivity index (χ3n) is 4.29. The summed E-state index contributed by atoms with van der Waals surface area (Å²) in [5.74, 6) is -3.12. The van der Waals surface area contributed by atoms with Crippen LogP contribution < -0.4 is 5.32 Å². The molecular weight excluding hydrogens is 406 g/mol. The lowest BCUT2D eigenvalue weighted by atomic mass is 10.1. The lowest BCUT2D eigenvalue weighted by Gasteiger charge is -2.05. The summed E-state index contributed by atoms with van der Waals surface area (Å²) in [5, 5.41) is 21.8. The summed E-state index contributed by atoms with van der Waals surface area (Å²) in [4.78, 5) is 12.9. The van der Waals surface area contributed by atoms with Crippen LogP contribution in [0, 0.1) is 22.7 Å². The average molecular weight is 422 g/mol. The van der Waals surface area contributed by atoms with E-state index in [4.69, 9.17) is 5.26 Å². The van der Waals surface area contributed by atoms with E-state index in [1.54, 1.807) is 0 Å². The van der Waals surface area contributed by atoms with Crippen molar-refractivity contribution in [1.82, 2.24) is 4.57 Å². The normalized spacial score (nSPS) is 11.3. The summed E-state index contributed by atoms with van der Waals surface area (Å²) < 4.78 is 26.7. The van der Waals surface area contributed by atoms with Crippen molar-refractivity contribution in [1.29, 1.82) is 10.5 Å². The molecule has 0 aliphatic rings. The smallest absolute Gasteiger partial charge is 0.288 e. The standard InChI is InChI=1S/C22H16F2N4OS/c23-22(24)30-18-8-6-17(7-9-18)27-21(29)15(13-26)12-16-14-28(11-3-10-25)20-5-2-1-4-19(16)20/h1-2,4-9,12,14,22H,3,11H2,(H,27,29)/b15-12+. The van der Waals surface area contributed by atoms with Gasteiger partial charge in [0.25, 0.3) is 11.7 Å². The summed E-state index contributed by atoms with van der Waals surface area (Å²) in [6, 6.07) is 17.5. The summed E-state index contributed by atoms with van der Waals surface area (Å²) >= 11 is 0.415. The van der Waals surface area contributed by atoms with Crippen molar-refractivity contribution >= 4 is 40.3 Å². The van der Waals surface area contributed by atoms with Crippen LogP contribution in [0.4, 0.5) is 14.5 Å². The quantitative estimate of drug-likeness (QED) is 0.313. The van der Waals surface area contributed by atoms with Crippen LogP contribution in [0.25, 0.3) is 17.0 Å². The summed E-state index contributed by atoms with van der Waals surface area (Å²) in [6.45, 7) is 0.502. The van der Waals surface area contributed by atoms with Gasteiger partial charge < -0.3 is 9.88 Å². The Labute approximate surface area is 176 Å². The zero-order chi connectivity index (χ0) is 21.5. The average Bonchev–Trinajstić information content (AvgIpc) is 3.09. The second-order valence-corrected chi connectivity index (χ2v) is 7.29. The first kappa shape index (κ1) is 21.1. The number of fused-ring (bicyclic) bond motifs is 1. The molecule has 0 aliphatic carbocycles. The minimum atomic E-state index is -2.52. The Morgan fingerprint density at radius 3 is 2.57 bits per heavy atom. The van der Waals surface area contributed by atoms with Gasteiger partial charge in [-0.25, -0.2) is 0 Å². The number of rotatable bonds is 7. The zero-order valence-corrected chi connectivity index (χ0v) is 16.5. The third kappa shape index (κ3) is 5.05. The minimum absolute atomic E-state index is 0.0933. The Morgan fingerprint density at radius 2 is 1.90 bits per heavy atom. The summed E-state index contributed by atoms with van der Waals surface area (Å²) in [5.41, 5.74) is 1.91. The van der Waals surface area contributed by atoms with E-state index in [0.717, 1.165) is 10.9 Å². The topological polar surface area (TPSA) is 81.6 Å². The van der Waals surface area contributed by atoms with Gasteiger partial charge in [0.15, 0.2) is 0 Å². The molecule has 5 nitrogen and oxygen atoms in total. The fraction of sp³-hybridized carbons (Fsp3) is 0.136. The Kier molecular flexibility index (Phi) is 6.84. The fourth-order valence-corrected chi connectivity index (χ4v) is 3.47. The molecule has 0 spiro atoms. The molecule has 8 heteroatoms. The van der Waals surface area contributed by atoms with Crippen molar-refractivity contribution < 1.29 is 13.6 Å². The van der Waals surface area contributed by atoms with E-state index < -0.39 is 11.7 Å². The van der Waals surface area contributed by atoms with Crippen LogP contribution in [0.15, 0.2) is 65.2 Å². The van der Waals surface area contributed by atoms with Crippen LogP contribution in [0.2, 0.25) is 0 Å². The molecule has 0 atom stereocenters. The van der Waals surface area contributed by atoms with E-state index in [9.17, 15) is 18.8 Å². The first-order valence-corrected chi connectivity index (χ1v) is 9.82. The monoisotopic (exact) mass is 422 g/mol. The van der Waals surface area contributed by atoms with Gasteiger partial charge in [-0.1, -0.05) is 30.0 Å². The molecule has 1 amide bonds. The van der Waals surface area contributed by atoms with E-state index >= 15 is 0 Å². The van der Waals surface area contributed by atoms with Crippen LogP contribution in [0.3, 0.4) is 0 Å². The van der Waals surface area contributed by atoms with Gasteiger partial charge in [0, 0.05) is 39.8 Å². The molecule has 0 unspecified atom stereocenters. The molecule has 0 saturated heterocycles. The molecule has 30 heavy (non-hydrogen) atoms. The number of aryl methyl sites for hydroxylation is 1. The van der Waals surface area contributed by atoms with E-state index in [1.807, 2.05) is 41.1 Å². The maximum absolute atomic E-state index is 12.5.